The molecule has 0 saturated carbocycles. The number of rotatable bonds is 50. The van der Waals surface area contributed by atoms with Gasteiger partial charge in [-0.15, -0.1) is 0 Å². The standard InChI is InChI=1S/C80H100O22/c1-11-16-20-24-66(81)56-28-29-70(95-36-37-96-74(88)33-30-71(85)92-8)60(45-56)51-61-47-58(68(83)26-22-18-13-3)48-64(78(61)100-40-38-97-75(89)34-31-72(86)93-9)53-65-50-59(69(84)27-23-19-14-4)49-63(79(65)101-41-39-98-76(90)35-32-73(87)94-10)52-62-46-57(67(82)25-21-17-12-2)44-55(15-5)77(62)99-42-43-102-80(91)54(6)7/h28-35,44-50H,6,11-27,36-43,51-53H2,1-5,7-10H3/b33-30-,34-31-,35-32-. The molecule has 0 radical (unpaired) electrons. The van der Waals surface area contributed by atoms with E-state index in [2.05, 4.69) is 20.8 Å². The number of unbranched alkanes of at least 4 members (excludes halogenated alkanes) is 8. The summed E-state index contributed by atoms with van der Waals surface area (Å²) in [6, 6.07) is 15.3. The first kappa shape index (κ1) is 84.4. The van der Waals surface area contributed by atoms with E-state index in [1.54, 1.807) is 54.6 Å². The second kappa shape index (κ2) is 47.2. The SMILES string of the molecule is C=C(C)C(=O)OCCOc1c(CC)cc(C(=O)CCCCC)cc1Cc1cc(C(=O)CCCCC)cc(Cc2cc(C(=O)CCCCC)cc(Cc3cc(C(=O)CCCCC)ccc3OCCOC(=O)/C=C\C(=O)OC)c2OCCOC(=O)/C=C\C(=O)OC)c1OCCOC(=O)/C=C\C(=O)OC. The van der Waals surface area contributed by atoms with Gasteiger partial charge in [0.05, 0.1) is 21.3 Å². The lowest BCUT2D eigenvalue weighted by molar-refractivity contribution is -0.140. The summed E-state index contributed by atoms with van der Waals surface area (Å²) >= 11 is 0. The Morgan fingerprint density at radius 1 is 0.333 bits per heavy atom. The minimum atomic E-state index is -0.887. The van der Waals surface area contributed by atoms with Crippen LogP contribution in [0, 0.1) is 0 Å². The highest BCUT2D eigenvalue weighted by Gasteiger charge is 2.26. The zero-order valence-electron chi connectivity index (χ0n) is 60.6. The van der Waals surface area contributed by atoms with Crippen LogP contribution in [-0.2, 0) is 92.4 Å². The van der Waals surface area contributed by atoms with Gasteiger partial charge in [-0.3, -0.25) is 19.2 Å². The van der Waals surface area contributed by atoms with Gasteiger partial charge in [-0.25, -0.2) is 33.6 Å². The van der Waals surface area contributed by atoms with Crippen LogP contribution in [0.15, 0.2) is 103 Å². The highest BCUT2D eigenvalue weighted by atomic mass is 16.6. The predicted octanol–water partition coefficient (Wildman–Crippen LogP) is 13.5. The fourth-order valence-electron chi connectivity index (χ4n) is 10.6. The maximum absolute atomic E-state index is 14.8. The quantitative estimate of drug-likeness (QED) is 0.0130. The molecule has 0 fully saturated rings. The van der Waals surface area contributed by atoms with Crippen molar-refractivity contribution in [2.45, 2.75) is 170 Å². The Bertz CT molecular complexity index is 3620. The van der Waals surface area contributed by atoms with Crippen molar-refractivity contribution in [1.29, 1.82) is 0 Å². The third kappa shape index (κ3) is 30.1. The molecule has 0 saturated heterocycles. The highest BCUT2D eigenvalue weighted by Crippen LogP contribution is 2.40. The molecule has 552 valence electrons. The minimum absolute atomic E-state index is 0.0376. The van der Waals surface area contributed by atoms with E-state index >= 15 is 0 Å². The van der Waals surface area contributed by atoms with Crippen molar-refractivity contribution in [3.05, 3.63) is 164 Å². The van der Waals surface area contributed by atoms with Crippen molar-refractivity contribution in [3.8, 4) is 23.0 Å². The number of methoxy groups -OCH3 is 3. The van der Waals surface area contributed by atoms with Crippen LogP contribution in [0.2, 0.25) is 0 Å². The normalized spacial score (nSPS) is 11.1. The Morgan fingerprint density at radius 3 is 0.941 bits per heavy atom. The summed E-state index contributed by atoms with van der Waals surface area (Å²) < 4.78 is 62.0. The molecule has 0 aliphatic rings. The van der Waals surface area contributed by atoms with E-state index in [9.17, 15) is 52.7 Å². The van der Waals surface area contributed by atoms with Crippen molar-refractivity contribution >= 4 is 64.9 Å². The molecule has 22 heteroatoms. The van der Waals surface area contributed by atoms with Crippen molar-refractivity contribution in [2.75, 3.05) is 74.2 Å². The molecule has 22 nitrogen and oxygen atoms in total. The zero-order chi connectivity index (χ0) is 74.8. The summed E-state index contributed by atoms with van der Waals surface area (Å²) in [6.07, 6.45) is 15.4. The molecule has 0 heterocycles. The van der Waals surface area contributed by atoms with E-state index in [1.165, 1.54) is 6.92 Å². The number of carbonyl (C=O) groups is 11. The van der Waals surface area contributed by atoms with Gasteiger partial charge < -0.3 is 52.1 Å². The van der Waals surface area contributed by atoms with Gasteiger partial charge in [0.2, 0.25) is 0 Å². The van der Waals surface area contributed by atoms with Gasteiger partial charge in [0, 0.05) is 109 Å². The Kier molecular flexibility index (Phi) is 39.1. The average Bonchev–Trinajstić information content (AvgIpc) is 0.782. The van der Waals surface area contributed by atoms with Crippen LogP contribution in [0.5, 0.6) is 23.0 Å². The summed E-state index contributed by atoms with van der Waals surface area (Å²) in [6.45, 7) is 13.2. The topological polar surface area (TPSA) is 289 Å². The van der Waals surface area contributed by atoms with Crippen molar-refractivity contribution < 1.29 is 105 Å². The van der Waals surface area contributed by atoms with Gasteiger partial charge in [0.15, 0.2) is 23.1 Å². The van der Waals surface area contributed by atoms with E-state index in [0.29, 0.717) is 87.9 Å². The van der Waals surface area contributed by atoms with Crippen LogP contribution in [0.4, 0.5) is 0 Å². The van der Waals surface area contributed by atoms with E-state index in [1.807, 2.05) is 34.6 Å². The fraction of sp³-hybridized carbons (Fsp3) is 0.463. The minimum Gasteiger partial charge on any atom is -0.490 e. The second-order valence-electron chi connectivity index (χ2n) is 24.0. The van der Waals surface area contributed by atoms with Gasteiger partial charge in [-0.05, 0) is 133 Å². The van der Waals surface area contributed by atoms with Gasteiger partial charge in [0.1, 0.15) is 75.9 Å². The lowest BCUT2D eigenvalue weighted by Crippen LogP contribution is -2.16. The molecular weight excluding hydrogens is 1310 g/mol. The van der Waals surface area contributed by atoms with E-state index in [0.717, 1.165) is 109 Å². The third-order valence-electron chi connectivity index (χ3n) is 15.9. The van der Waals surface area contributed by atoms with Gasteiger partial charge in [0.25, 0.3) is 0 Å². The largest absolute Gasteiger partial charge is 0.490 e. The number of benzene rings is 4. The van der Waals surface area contributed by atoms with Crippen LogP contribution in [0.25, 0.3) is 0 Å². The summed E-state index contributed by atoms with van der Waals surface area (Å²) in [7, 11) is 3.47. The molecule has 4 aromatic rings. The van der Waals surface area contributed by atoms with Gasteiger partial charge >= 0.3 is 41.8 Å². The number of ketones is 4. The molecule has 0 bridgehead atoms. The molecule has 0 unspecified atom stereocenters. The summed E-state index contributed by atoms with van der Waals surface area (Å²) in [5.74, 6) is -5.18. The van der Waals surface area contributed by atoms with E-state index in [4.69, 9.17) is 37.9 Å². The van der Waals surface area contributed by atoms with Crippen molar-refractivity contribution in [2.24, 2.45) is 0 Å². The maximum Gasteiger partial charge on any atom is 0.333 e. The number of Topliss-reactive ketones (excluding diaryl/α,β-unsaturated/α-hetero) is 4. The summed E-state index contributed by atoms with van der Waals surface area (Å²) in [4.78, 5) is 144. The Hall–Kier alpha value is -9.99. The molecular formula is C80H100O22. The molecule has 0 aliphatic heterocycles. The van der Waals surface area contributed by atoms with Gasteiger partial charge in [-0.2, -0.15) is 0 Å². The number of esters is 7. The molecule has 0 N–H and O–H groups in total. The molecule has 102 heavy (non-hydrogen) atoms. The maximum atomic E-state index is 14.8. The van der Waals surface area contributed by atoms with Crippen LogP contribution in [-0.4, -0.2) is 139 Å². The number of hydrogen-bond acceptors (Lipinski definition) is 22. The number of ether oxygens (including phenoxy) is 11. The lowest BCUT2D eigenvalue weighted by Gasteiger charge is -2.23. The molecule has 4 aromatic carbocycles. The average molecular weight is 1410 g/mol. The third-order valence-corrected chi connectivity index (χ3v) is 15.9. The molecule has 0 aliphatic carbocycles. The number of carbonyl (C=O) groups excluding carboxylic acids is 11. The van der Waals surface area contributed by atoms with Crippen LogP contribution in [0.3, 0.4) is 0 Å². The van der Waals surface area contributed by atoms with Crippen molar-refractivity contribution in [3.63, 3.8) is 0 Å². The molecule has 0 spiro atoms. The predicted molar refractivity (Wildman–Crippen MR) is 382 cm³/mol. The smallest absolute Gasteiger partial charge is 0.333 e. The Morgan fingerprint density at radius 2 is 0.618 bits per heavy atom. The molecule has 0 aromatic heterocycles. The summed E-state index contributed by atoms with van der Waals surface area (Å²) in [5.41, 5.74) is 4.76. The molecule has 0 amide bonds. The highest BCUT2D eigenvalue weighted by molar-refractivity contribution is 5.99. The van der Waals surface area contributed by atoms with Crippen molar-refractivity contribution in [1.82, 2.24) is 0 Å². The van der Waals surface area contributed by atoms with Crippen LogP contribution in [0.1, 0.15) is 225 Å². The number of aryl methyl sites for hydroxylation is 1. The first-order valence-electron chi connectivity index (χ1n) is 35.0. The van der Waals surface area contributed by atoms with E-state index < -0.39 is 41.8 Å². The second-order valence-corrected chi connectivity index (χ2v) is 24.0. The first-order chi connectivity index (χ1) is 49.1. The lowest BCUT2D eigenvalue weighted by atomic mass is 9.88. The van der Waals surface area contributed by atoms with Crippen LogP contribution < -0.4 is 18.9 Å². The molecule has 4 rings (SSSR count). The Labute approximate surface area is 598 Å². The fourth-order valence-corrected chi connectivity index (χ4v) is 10.6. The van der Waals surface area contributed by atoms with E-state index in [-0.39, 0.29) is 155 Å². The summed E-state index contributed by atoms with van der Waals surface area (Å²) in [5, 5.41) is 0. The van der Waals surface area contributed by atoms with Crippen LogP contribution >= 0.6 is 0 Å². The number of hydrogen-bond donors (Lipinski definition) is 0. The monoisotopic (exact) mass is 1410 g/mol. The molecule has 0 atom stereocenters. The zero-order valence-corrected chi connectivity index (χ0v) is 60.6. The Balaban J connectivity index is 2.19. The van der Waals surface area contributed by atoms with Gasteiger partial charge in [-0.1, -0.05) is 92.6 Å². The first-order valence-corrected chi connectivity index (χ1v) is 35.0.